The Hall–Kier alpha value is -2.06. The average molecular weight is 409 g/mol. The van der Waals surface area contributed by atoms with Crippen LogP contribution in [-0.2, 0) is 17.9 Å². The first-order valence-corrected chi connectivity index (χ1v) is 8.49. The Morgan fingerprint density at radius 2 is 2.25 bits per heavy atom. The van der Waals surface area contributed by atoms with Gasteiger partial charge in [0.25, 0.3) is 5.91 Å². The molecule has 1 aliphatic heterocycles. The van der Waals surface area contributed by atoms with Crippen molar-refractivity contribution in [2.75, 3.05) is 0 Å². The van der Waals surface area contributed by atoms with Gasteiger partial charge in [0.2, 0.25) is 0 Å². The smallest absolute Gasteiger partial charge is 0.276 e. The zero-order valence-electron chi connectivity index (χ0n) is 12.8. The van der Waals surface area contributed by atoms with Crippen molar-refractivity contribution in [2.24, 2.45) is 0 Å². The summed E-state index contributed by atoms with van der Waals surface area (Å²) in [6, 6.07) is 4.54. The van der Waals surface area contributed by atoms with E-state index in [2.05, 4.69) is 26.3 Å². The highest BCUT2D eigenvalue weighted by Crippen LogP contribution is 2.21. The number of benzene rings is 1. The average Bonchev–Trinajstić information content (AvgIpc) is 3.11. The van der Waals surface area contributed by atoms with E-state index >= 15 is 0 Å². The molecule has 0 atom stereocenters. The SMILES string of the molecule is CCn1cc(CN2C(=O)/C(=C\c3cc(Br)ccc3F)NC2=S)cn1. The van der Waals surface area contributed by atoms with Crippen molar-refractivity contribution in [1.82, 2.24) is 20.0 Å². The number of rotatable bonds is 4. The van der Waals surface area contributed by atoms with Crippen LogP contribution in [0, 0.1) is 5.82 Å². The second-order valence-electron chi connectivity index (χ2n) is 5.25. The minimum Gasteiger partial charge on any atom is -0.328 e. The van der Waals surface area contributed by atoms with E-state index in [0.717, 1.165) is 16.6 Å². The van der Waals surface area contributed by atoms with Crippen LogP contribution < -0.4 is 5.32 Å². The fourth-order valence-electron chi connectivity index (χ4n) is 2.34. The molecule has 1 aliphatic rings. The highest BCUT2D eigenvalue weighted by molar-refractivity contribution is 9.10. The number of nitrogens with one attached hydrogen (secondary N) is 1. The van der Waals surface area contributed by atoms with Gasteiger partial charge in [-0.25, -0.2) is 4.39 Å². The lowest BCUT2D eigenvalue weighted by atomic mass is 10.2. The van der Waals surface area contributed by atoms with E-state index in [4.69, 9.17) is 12.2 Å². The summed E-state index contributed by atoms with van der Waals surface area (Å²) in [6.07, 6.45) is 5.03. The standard InChI is InChI=1S/C16H14BrFN4OS/c1-2-21-8-10(7-19-21)9-22-15(23)14(20-16(22)24)6-11-5-12(17)3-4-13(11)18/h3-8H,2,9H2,1H3,(H,20,24)/b14-6+. The van der Waals surface area contributed by atoms with E-state index in [0.29, 0.717) is 17.2 Å². The van der Waals surface area contributed by atoms with Crippen LogP contribution in [-0.4, -0.2) is 25.7 Å². The molecule has 0 unspecified atom stereocenters. The number of carbonyl (C=O) groups excluding carboxylic acids is 1. The molecule has 24 heavy (non-hydrogen) atoms. The third-order valence-corrected chi connectivity index (χ3v) is 4.39. The maximum absolute atomic E-state index is 13.9. The second kappa shape index (κ2) is 6.82. The predicted octanol–water partition coefficient (Wildman–Crippen LogP) is 3.06. The summed E-state index contributed by atoms with van der Waals surface area (Å²) in [5.74, 6) is -0.697. The number of amides is 1. The summed E-state index contributed by atoms with van der Waals surface area (Å²) < 4.78 is 16.4. The normalized spacial score (nSPS) is 16.1. The number of hydrogen-bond donors (Lipinski definition) is 1. The molecule has 1 N–H and O–H groups in total. The van der Waals surface area contributed by atoms with Gasteiger partial charge in [-0.15, -0.1) is 0 Å². The van der Waals surface area contributed by atoms with E-state index in [1.165, 1.54) is 17.0 Å². The molecule has 0 radical (unpaired) electrons. The molecule has 0 bridgehead atoms. The van der Waals surface area contributed by atoms with E-state index in [9.17, 15) is 9.18 Å². The molecule has 0 spiro atoms. The third-order valence-electron chi connectivity index (χ3n) is 3.57. The largest absolute Gasteiger partial charge is 0.328 e. The van der Waals surface area contributed by atoms with Crippen LogP contribution in [0.4, 0.5) is 4.39 Å². The van der Waals surface area contributed by atoms with Gasteiger partial charge in [0.05, 0.1) is 12.7 Å². The van der Waals surface area contributed by atoms with E-state index < -0.39 is 5.82 Å². The predicted molar refractivity (Wildman–Crippen MR) is 96.3 cm³/mol. The lowest BCUT2D eigenvalue weighted by molar-refractivity contribution is -0.122. The third kappa shape index (κ3) is 3.39. The van der Waals surface area contributed by atoms with Crippen molar-refractivity contribution in [3.63, 3.8) is 0 Å². The van der Waals surface area contributed by atoms with Crippen molar-refractivity contribution >= 4 is 45.2 Å². The summed E-state index contributed by atoms with van der Waals surface area (Å²) in [5.41, 5.74) is 1.44. The number of halogens is 2. The molecular weight excluding hydrogens is 395 g/mol. The van der Waals surface area contributed by atoms with E-state index in [1.807, 2.05) is 13.1 Å². The number of aromatic nitrogens is 2. The Morgan fingerprint density at radius 3 is 2.96 bits per heavy atom. The molecule has 1 fully saturated rings. The Kier molecular flexibility index (Phi) is 4.77. The van der Waals surface area contributed by atoms with Crippen LogP contribution in [0.1, 0.15) is 18.1 Å². The van der Waals surface area contributed by atoms with Crippen LogP contribution in [0.2, 0.25) is 0 Å². The Labute approximate surface area is 152 Å². The Bertz CT molecular complexity index is 848. The topological polar surface area (TPSA) is 50.2 Å². The maximum Gasteiger partial charge on any atom is 0.276 e. The molecule has 1 aromatic heterocycles. The van der Waals surface area contributed by atoms with Crippen molar-refractivity contribution in [3.8, 4) is 0 Å². The molecule has 2 heterocycles. The fourth-order valence-corrected chi connectivity index (χ4v) is 2.98. The van der Waals surface area contributed by atoms with Gasteiger partial charge in [0, 0.05) is 28.3 Å². The van der Waals surface area contributed by atoms with Crippen molar-refractivity contribution < 1.29 is 9.18 Å². The number of hydrogen-bond acceptors (Lipinski definition) is 3. The fraction of sp³-hybridized carbons (Fsp3) is 0.188. The molecule has 1 amide bonds. The Morgan fingerprint density at radius 1 is 1.46 bits per heavy atom. The minimum atomic E-state index is -0.408. The first-order chi connectivity index (χ1) is 11.5. The molecule has 124 valence electrons. The van der Waals surface area contributed by atoms with Gasteiger partial charge < -0.3 is 5.32 Å². The Balaban J connectivity index is 1.83. The molecular formula is C16H14BrFN4OS. The molecule has 5 nitrogen and oxygen atoms in total. The van der Waals surface area contributed by atoms with Crippen LogP contribution in [0.15, 0.2) is 40.8 Å². The monoisotopic (exact) mass is 408 g/mol. The number of aryl methyl sites for hydroxylation is 1. The summed E-state index contributed by atoms with van der Waals surface area (Å²) in [6.45, 7) is 3.06. The summed E-state index contributed by atoms with van der Waals surface area (Å²) in [4.78, 5) is 14.0. The first kappa shape index (κ1) is 16.8. The molecule has 3 rings (SSSR count). The first-order valence-electron chi connectivity index (χ1n) is 7.29. The van der Waals surface area contributed by atoms with E-state index in [1.54, 1.807) is 23.0 Å². The van der Waals surface area contributed by atoms with Crippen LogP contribution in [0.25, 0.3) is 6.08 Å². The number of thiocarbonyl (C=S) groups is 1. The van der Waals surface area contributed by atoms with Gasteiger partial charge in [-0.2, -0.15) is 5.10 Å². The van der Waals surface area contributed by atoms with Gasteiger partial charge in [-0.1, -0.05) is 15.9 Å². The molecule has 2 aromatic rings. The van der Waals surface area contributed by atoms with Gasteiger partial charge >= 0.3 is 0 Å². The van der Waals surface area contributed by atoms with Crippen LogP contribution in [0.3, 0.4) is 0 Å². The van der Waals surface area contributed by atoms with Crippen molar-refractivity contribution in [2.45, 2.75) is 20.0 Å². The van der Waals surface area contributed by atoms with Gasteiger partial charge in [0.1, 0.15) is 11.5 Å². The maximum atomic E-state index is 13.9. The molecule has 1 aromatic carbocycles. The summed E-state index contributed by atoms with van der Waals surface area (Å²) in [5, 5.41) is 7.33. The lowest BCUT2D eigenvalue weighted by Crippen LogP contribution is -2.29. The second-order valence-corrected chi connectivity index (χ2v) is 6.55. The summed E-state index contributed by atoms with van der Waals surface area (Å²) >= 11 is 8.52. The van der Waals surface area contributed by atoms with Crippen molar-refractivity contribution in [3.05, 3.63) is 57.7 Å². The van der Waals surface area contributed by atoms with E-state index in [-0.39, 0.29) is 11.6 Å². The zero-order valence-corrected chi connectivity index (χ0v) is 15.2. The van der Waals surface area contributed by atoms with Crippen LogP contribution >= 0.6 is 28.1 Å². The zero-order chi connectivity index (χ0) is 17.3. The number of nitrogens with zero attached hydrogens (tertiary/aromatic N) is 3. The molecule has 1 saturated heterocycles. The summed E-state index contributed by atoms with van der Waals surface area (Å²) in [7, 11) is 0. The highest BCUT2D eigenvalue weighted by atomic mass is 79.9. The lowest BCUT2D eigenvalue weighted by Gasteiger charge is -2.12. The van der Waals surface area contributed by atoms with Gasteiger partial charge in [-0.05, 0) is 43.4 Å². The molecule has 0 saturated carbocycles. The molecule has 0 aliphatic carbocycles. The minimum absolute atomic E-state index is 0.250. The van der Waals surface area contributed by atoms with Crippen molar-refractivity contribution in [1.29, 1.82) is 0 Å². The quantitative estimate of drug-likeness (QED) is 0.623. The van der Waals surface area contributed by atoms with Gasteiger partial charge in [0.15, 0.2) is 5.11 Å². The number of carbonyl (C=O) groups is 1. The highest BCUT2D eigenvalue weighted by Gasteiger charge is 2.31. The van der Waals surface area contributed by atoms with Crippen LogP contribution in [0.5, 0.6) is 0 Å². The molecule has 8 heteroatoms. The van der Waals surface area contributed by atoms with Gasteiger partial charge in [-0.3, -0.25) is 14.4 Å².